The van der Waals surface area contributed by atoms with Crippen molar-refractivity contribution in [1.82, 2.24) is 19.9 Å². The van der Waals surface area contributed by atoms with E-state index < -0.39 is 11.5 Å². The predicted molar refractivity (Wildman–Crippen MR) is 75.2 cm³/mol. The van der Waals surface area contributed by atoms with Gasteiger partial charge in [-0.1, -0.05) is 5.21 Å². The standard InChI is InChI=1S/C14H16N4O3/c1-14(2,13(20)21)17(3)12(19)10-4-6-11(7-5-10)18-9-8-15-16-18/h4-9H,1-3H3,(H,20,21). The van der Waals surface area contributed by atoms with E-state index >= 15 is 0 Å². The van der Waals surface area contributed by atoms with E-state index in [4.69, 9.17) is 5.11 Å². The van der Waals surface area contributed by atoms with Crippen LogP contribution in [0.3, 0.4) is 0 Å². The lowest BCUT2D eigenvalue weighted by atomic mass is 10.0. The fourth-order valence-electron chi connectivity index (χ4n) is 1.69. The molecule has 0 atom stereocenters. The van der Waals surface area contributed by atoms with Gasteiger partial charge in [0.25, 0.3) is 5.91 Å². The summed E-state index contributed by atoms with van der Waals surface area (Å²) in [6.45, 7) is 2.97. The van der Waals surface area contributed by atoms with Gasteiger partial charge in [-0.3, -0.25) is 4.79 Å². The molecule has 21 heavy (non-hydrogen) atoms. The highest BCUT2D eigenvalue weighted by molar-refractivity contribution is 5.97. The summed E-state index contributed by atoms with van der Waals surface area (Å²) in [5, 5.41) is 16.7. The van der Waals surface area contributed by atoms with Gasteiger partial charge in [0.05, 0.1) is 18.1 Å². The van der Waals surface area contributed by atoms with E-state index in [-0.39, 0.29) is 5.91 Å². The Hall–Kier alpha value is -2.70. The van der Waals surface area contributed by atoms with E-state index in [1.54, 1.807) is 41.3 Å². The number of likely N-dealkylation sites (N-methyl/N-ethyl adjacent to an activating group) is 1. The molecule has 2 rings (SSSR count). The molecule has 0 aliphatic rings. The molecule has 0 unspecified atom stereocenters. The lowest BCUT2D eigenvalue weighted by Gasteiger charge is -2.31. The van der Waals surface area contributed by atoms with Gasteiger partial charge in [-0.15, -0.1) is 5.10 Å². The van der Waals surface area contributed by atoms with Crippen molar-refractivity contribution in [3.63, 3.8) is 0 Å². The maximum absolute atomic E-state index is 12.3. The normalized spacial score (nSPS) is 11.2. The van der Waals surface area contributed by atoms with Crippen LogP contribution in [-0.4, -0.2) is 49.5 Å². The SMILES string of the molecule is CN(C(=O)c1ccc(-n2ccnn2)cc1)C(C)(C)C(=O)O. The highest BCUT2D eigenvalue weighted by atomic mass is 16.4. The summed E-state index contributed by atoms with van der Waals surface area (Å²) in [5.74, 6) is -1.41. The van der Waals surface area contributed by atoms with E-state index in [1.807, 2.05) is 0 Å². The second-order valence-electron chi connectivity index (χ2n) is 5.12. The molecule has 110 valence electrons. The van der Waals surface area contributed by atoms with Crippen molar-refractivity contribution in [2.75, 3.05) is 7.05 Å². The summed E-state index contributed by atoms with van der Waals surface area (Å²) < 4.78 is 1.57. The van der Waals surface area contributed by atoms with Crippen LogP contribution in [0.4, 0.5) is 0 Å². The first-order chi connectivity index (χ1) is 9.84. The molecule has 0 aliphatic heterocycles. The number of nitrogens with zero attached hydrogens (tertiary/aromatic N) is 4. The molecule has 1 aromatic heterocycles. The number of carboxylic acids is 1. The lowest BCUT2D eigenvalue weighted by molar-refractivity contribution is -0.147. The van der Waals surface area contributed by atoms with Gasteiger partial charge in [0.15, 0.2) is 0 Å². The largest absolute Gasteiger partial charge is 0.480 e. The Morgan fingerprint density at radius 2 is 1.86 bits per heavy atom. The van der Waals surface area contributed by atoms with Gasteiger partial charge >= 0.3 is 5.97 Å². The van der Waals surface area contributed by atoms with Crippen LogP contribution >= 0.6 is 0 Å². The number of benzene rings is 1. The predicted octanol–water partition coefficient (Wildman–Crippen LogP) is 1.20. The van der Waals surface area contributed by atoms with E-state index in [1.165, 1.54) is 25.8 Å². The summed E-state index contributed by atoms with van der Waals surface area (Å²) in [4.78, 5) is 24.7. The van der Waals surface area contributed by atoms with E-state index in [9.17, 15) is 9.59 Å². The number of hydrogen-bond acceptors (Lipinski definition) is 4. The van der Waals surface area contributed by atoms with E-state index in [2.05, 4.69) is 10.3 Å². The Bertz CT molecular complexity index is 647. The van der Waals surface area contributed by atoms with Gasteiger partial charge in [-0.05, 0) is 38.1 Å². The number of carbonyl (C=O) groups is 2. The van der Waals surface area contributed by atoms with Crippen molar-refractivity contribution in [3.8, 4) is 5.69 Å². The van der Waals surface area contributed by atoms with Crippen LogP contribution in [-0.2, 0) is 4.79 Å². The molecule has 0 saturated carbocycles. The monoisotopic (exact) mass is 288 g/mol. The minimum Gasteiger partial charge on any atom is -0.480 e. The van der Waals surface area contributed by atoms with Gasteiger partial charge in [-0.2, -0.15) is 0 Å². The lowest BCUT2D eigenvalue weighted by Crippen LogP contribution is -2.50. The number of aliphatic carboxylic acids is 1. The molecule has 1 heterocycles. The molecule has 1 N–H and O–H groups in total. The fraction of sp³-hybridized carbons (Fsp3) is 0.286. The van der Waals surface area contributed by atoms with E-state index in [0.29, 0.717) is 5.56 Å². The maximum Gasteiger partial charge on any atom is 0.329 e. The highest BCUT2D eigenvalue weighted by Gasteiger charge is 2.35. The molecule has 2 aromatic rings. The molecule has 1 aromatic carbocycles. The smallest absolute Gasteiger partial charge is 0.329 e. The summed E-state index contributed by atoms with van der Waals surface area (Å²) in [6, 6.07) is 6.72. The third kappa shape index (κ3) is 2.76. The number of amides is 1. The Balaban J connectivity index is 2.23. The third-order valence-corrected chi connectivity index (χ3v) is 3.47. The van der Waals surface area contributed by atoms with Crippen molar-refractivity contribution >= 4 is 11.9 Å². The highest BCUT2D eigenvalue weighted by Crippen LogP contribution is 2.17. The van der Waals surface area contributed by atoms with Gasteiger partial charge in [0.2, 0.25) is 0 Å². The van der Waals surface area contributed by atoms with E-state index in [0.717, 1.165) is 5.69 Å². The number of rotatable bonds is 4. The summed E-state index contributed by atoms with van der Waals surface area (Å²) in [7, 11) is 1.47. The van der Waals surface area contributed by atoms with Crippen molar-refractivity contribution in [2.24, 2.45) is 0 Å². The first-order valence-electron chi connectivity index (χ1n) is 6.32. The number of hydrogen-bond donors (Lipinski definition) is 1. The molecule has 0 saturated heterocycles. The van der Waals surface area contributed by atoms with Gasteiger partial charge in [0, 0.05) is 12.6 Å². The molecular weight excluding hydrogens is 272 g/mol. The maximum atomic E-state index is 12.3. The molecule has 7 heteroatoms. The van der Waals surface area contributed by atoms with Crippen molar-refractivity contribution in [2.45, 2.75) is 19.4 Å². The Labute approximate surface area is 121 Å². The second kappa shape index (κ2) is 5.35. The topological polar surface area (TPSA) is 88.3 Å². The molecule has 0 radical (unpaired) electrons. The Morgan fingerprint density at radius 3 is 2.33 bits per heavy atom. The quantitative estimate of drug-likeness (QED) is 0.913. The van der Waals surface area contributed by atoms with Crippen molar-refractivity contribution in [3.05, 3.63) is 42.2 Å². The molecule has 0 fully saturated rings. The van der Waals surface area contributed by atoms with Gasteiger partial charge in [0.1, 0.15) is 5.54 Å². The number of carboxylic acid groups (broad SMARTS) is 1. The zero-order valence-electron chi connectivity index (χ0n) is 12.0. The fourth-order valence-corrected chi connectivity index (χ4v) is 1.69. The molecule has 0 bridgehead atoms. The second-order valence-corrected chi connectivity index (χ2v) is 5.12. The van der Waals surface area contributed by atoms with Crippen LogP contribution < -0.4 is 0 Å². The van der Waals surface area contributed by atoms with Crippen LogP contribution in [0.1, 0.15) is 24.2 Å². The first kappa shape index (κ1) is 14.7. The Kier molecular flexibility index (Phi) is 3.75. The van der Waals surface area contributed by atoms with Crippen LogP contribution in [0, 0.1) is 0 Å². The zero-order valence-corrected chi connectivity index (χ0v) is 12.0. The average Bonchev–Trinajstić information content (AvgIpc) is 3.00. The number of aromatic nitrogens is 3. The first-order valence-corrected chi connectivity index (χ1v) is 6.32. The van der Waals surface area contributed by atoms with Crippen LogP contribution in [0.2, 0.25) is 0 Å². The molecular formula is C14H16N4O3. The van der Waals surface area contributed by atoms with Crippen LogP contribution in [0.15, 0.2) is 36.7 Å². The summed E-state index contributed by atoms with van der Waals surface area (Å²) >= 11 is 0. The summed E-state index contributed by atoms with van der Waals surface area (Å²) in [5.41, 5.74) is -0.0957. The van der Waals surface area contributed by atoms with Crippen molar-refractivity contribution < 1.29 is 14.7 Å². The van der Waals surface area contributed by atoms with Gasteiger partial charge in [-0.25, -0.2) is 9.48 Å². The number of carbonyl (C=O) groups excluding carboxylic acids is 1. The minimum atomic E-state index is -1.28. The molecule has 7 nitrogen and oxygen atoms in total. The summed E-state index contributed by atoms with van der Waals surface area (Å²) in [6.07, 6.45) is 3.25. The zero-order chi connectivity index (χ0) is 15.6. The molecule has 0 aliphatic carbocycles. The third-order valence-electron chi connectivity index (χ3n) is 3.47. The Morgan fingerprint density at radius 1 is 1.24 bits per heavy atom. The molecule has 0 spiro atoms. The van der Waals surface area contributed by atoms with Crippen LogP contribution in [0.25, 0.3) is 5.69 Å². The van der Waals surface area contributed by atoms with Gasteiger partial charge < -0.3 is 10.0 Å². The van der Waals surface area contributed by atoms with Crippen LogP contribution in [0.5, 0.6) is 0 Å². The minimum absolute atomic E-state index is 0.354. The van der Waals surface area contributed by atoms with Crippen molar-refractivity contribution in [1.29, 1.82) is 0 Å². The molecule has 1 amide bonds. The average molecular weight is 288 g/mol.